The van der Waals surface area contributed by atoms with Crippen LogP contribution in [0.2, 0.25) is 5.02 Å². The molecule has 3 aromatic rings. The Labute approximate surface area is 254 Å². The Morgan fingerprint density at radius 3 is 2.48 bits per heavy atom. The molecule has 0 radical (unpaired) electrons. The van der Waals surface area contributed by atoms with Crippen LogP contribution >= 0.6 is 11.6 Å². The van der Waals surface area contributed by atoms with Gasteiger partial charge in [-0.2, -0.15) is 18.4 Å². The van der Waals surface area contributed by atoms with Gasteiger partial charge in [-0.3, -0.25) is 9.59 Å². The normalized spacial score (nSPS) is 13.5. The average Bonchev–Trinajstić information content (AvgIpc) is 3.32. The van der Waals surface area contributed by atoms with Crippen LogP contribution in [-0.4, -0.2) is 75.1 Å². The lowest BCUT2D eigenvalue weighted by Crippen LogP contribution is -2.57. The number of hydrogen-bond donors (Lipinski definition) is 2. The van der Waals surface area contributed by atoms with Gasteiger partial charge in [0.25, 0.3) is 11.8 Å². The number of anilines is 1. The summed E-state index contributed by atoms with van der Waals surface area (Å²) >= 11 is 6.32. The minimum atomic E-state index is -4.68. The summed E-state index contributed by atoms with van der Waals surface area (Å²) in [7, 11) is 0. The van der Waals surface area contributed by atoms with Gasteiger partial charge in [0.1, 0.15) is 23.9 Å². The van der Waals surface area contributed by atoms with E-state index >= 15 is 0 Å². The van der Waals surface area contributed by atoms with Gasteiger partial charge in [0.15, 0.2) is 5.82 Å². The summed E-state index contributed by atoms with van der Waals surface area (Å²) in [5, 5.41) is 18.1. The first-order chi connectivity index (χ1) is 20.5. The number of nitrogens with one attached hydrogen (secondary N) is 2. The lowest BCUT2D eigenvalue weighted by Gasteiger charge is -2.38. The maximum atomic E-state index is 13.6. The van der Waals surface area contributed by atoms with Crippen molar-refractivity contribution in [2.45, 2.75) is 45.6 Å². The van der Waals surface area contributed by atoms with E-state index in [1.807, 2.05) is 6.07 Å². The Balaban J connectivity index is 1.62. The van der Waals surface area contributed by atoms with Crippen molar-refractivity contribution < 1.29 is 37.0 Å². The number of benzene rings is 1. The van der Waals surface area contributed by atoms with E-state index in [0.29, 0.717) is 0 Å². The predicted octanol–water partition coefficient (Wildman–Crippen LogP) is 4.64. The van der Waals surface area contributed by atoms with Gasteiger partial charge in [0.2, 0.25) is 5.88 Å². The molecule has 1 aliphatic rings. The minimum Gasteiger partial charge on any atom is -0.469 e. The van der Waals surface area contributed by atoms with Crippen LogP contribution in [0.5, 0.6) is 5.88 Å². The second kappa shape index (κ2) is 12.4. The molecule has 16 heteroatoms. The molecule has 1 fully saturated rings. The van der Waals surface area contributed by atoms with E-state index in [1.54, 1.807) is 32.2 Å². The number of carbonyl (C=O) groups excluding carboxylic acids is 3. The molecule has 1 saturated heterocycles. The SMILES string of the molecule is Cc1cc(C#N)cc(C(=O)NCC(F)(F)F)c1NC(=O)c1cc(OC2CN(C(=O)OC(C)(C)C)C2)nn1-c1ncccc1Cl. The molecule has 0 spiro atoms. The first kappa shape index (κ1) is 32.1. The Bertz CT molecular complexity index is 1640. The summed E-state index contributed by atoms with van der Waals surface area (Å²) in [5.41, 5.74) is -1.05. The topological polar surface area (TPSA) is 151 Å². The van der Waals surface area contributed by atoms with Gasteiger partial charge in [-0.15, -0.1) is 5.10 Å². The van der Waals surface area contributed by atoms with Gasteiger partial charge in [0, 0.05) is 12.3 Å². The van der Waals surface area contributed by atoms with Crippen LogP contribution in [-0.2, 0) is 4.74 Å². The molecule has 0 atom stereocenters. The zero-order valence-corrected chi connectivity index (χ0v) is 24.7. The van der Waals surface area contributed by atoms with Crippen molar-refractivity contribution >= 4 is 35.2 Å². The van der Waals surface area contributed by atoms with E-state index in [4.69, 9.17) is 21.1 Å². The summed E-state index contributed by atoms with van der Waals surface area (Å²) < 4.78 is 50.7. The summed E-state index contributed by atoms with van der Waals surface area (Å²) in [4.78, 5) is 44.2. The summed E-state index contributed by atoms with van der Waals surface area (Å²) in [5.74, 6) is -1.93. The zero-order valence-electron chi connectivity index (χ0n) is 24.0. The number of hydrogen-bond acceptors (Lipinski definition) is 8. The number of nitrogens with zero attached hydrogens (tertiary/aromatic N) is 5. The molecule has 1 aliphatic heterocycles. The monoisotopic (exact) mass is 633 g/mol. The maximum Gasteiger partial charge on any atom is 0.410 e. The third-order valence-corrected chi connectivity index (χ3v) is 6.34. The van der Waals surface area contributed by atoms with Crippen molar-refractivity contribution in [1.82, 2.24) is 25.0 Å². The lowest BCUT2D eigenvalue weighted by atomic mass is 10.0. The van der Waals surface area contributed by atoms with Crippen molar-refractivity contribution in [1.29, 1.82) is 5.26 Å². The van der Waals surface area contributed by atoms with Crippen molar-refractivity contribution in [3.63, 3.8) is 0 Å². The number of pyridine rings is 1. The molecule has 0 unspecified atom stereocenters. The van der Waals surface area contributed by atoms with Gasteiger partial charge >= 0.3 is 12.3 Å². The Kier molecular flexibility index (Phi) is 9.05. The van der Waals surface area contributed by atoms with Crippen LogP contribution in [0.4, 0.5) is 23.7 Å². The van der Waals surface area contributed by atoms with Crippen LogP contribution < -0.4 is 15.4 Å². The third-order valence-electron chi connectivity index (χ3n) is 6.04. The van der Waals surface area contributed by atoms with Crippen molar-refractivity contribution in [3.05, 3.63) is 63.9 Å². The molecule has 1 aromatic carbocycles. The van der Waals surface area contributed by atoms with Crippen LogP contribution in [0.15, 0.2) is 36.5 Å². The number of likely N-dealkylation sites (tertiary alicyclic amines) is 1. The van der Waals surface area contributed by atoms with Crippen LogP contribution in [0.25, 0.3) is 5.82 Å². The molecule has 4 rings (SSSR count). The minimum absolute atomic E-state index is 0.000392. The summed E-state index contributed by atoms with van der Waals surface area (Å²) in [6, 6.07) is 8.65. The number of halogens is 4. The van der Waals surface area contributed by atoms with E-state index in [9.17, 15) is 32.8 Å². The fourth-order valence-corrected chi connectivity index (χ4v) is 4.28. The van der Waals surface area contributed by atoms with Crippen molar-refractivity contribution in [3.8, 4) is 17.8 Å². The first-order valence-corrected chi connectivity index (χ1v) is 13.5. The second-order valence-electron chi connectivity index (χ2n) is 10.8. The number of amides is 3. The molecular weight excluding hydrogens is 607 g/mol. The fourth-order valence-electron chi connectivity index (χ4n) is 4.08. The molecule has 3 amide bonds. The highest BCUT2D eigenvalue weighted by atomic mass is 35.5. The van der Waals surface area contributed by atoms with Gasteiger partial charge < -0.3 is 25.0 Å². The highest BCUT2D eigenvalue weighted by Crippen LogP contribution is 2.28. The molecule has 0 saturated carbocycles. The molecule has 232 valence electrons. The largest absolute Gasteiger partial charge is 0.469 e. The molecule has 44 heavy (non-hydrogen) atoms. The molecule has 0 aliphatic carbocycles. The first-order valence-electron chi connectivity index (χ1n) is 13.1. The highest BCUT2D eigenvalue weighted by Gasteiger charge is 2.36. The smallest absolute Gasteiger partial charge is 0.410 e. The Morgan fingerprint density at radius 1 is 1.16 bits per heavy atom. The van der Waals surface area contributed by atoms with Crippen LogP contribution in [0.3, 0.4) is 0 Å². The number of rotatable bonds is 7. The number of aromatic nitrogens is 3. The van der Waals surface area contributed by atoms with Crippen LogP contribution in [0.1, 0.15) is 52.7 Å². The third kappa shape index (κ3) is 7.75. The van der Waals surface area contributed by atoms with Gasteiger partial charge in [0.05, 0.1) is 41.0 Å². The average molecular weight is 634 g/mol. The number of aryl methyl sites for hydroxylation is 1. The molecule has 2 aromatic heterocycles. The molecular formula is C28H27ClF3N7O5. The Morgan fingerprint density at radius 2 is 1.86 bits per heavy atom. The second-order valence-corrected chi connectivity index (χ2v) is 11.2. The lowest BCUT2D eigenvalue weighted by molar-refractivity contribution is -0.123. The van der Waals surface area contributed by atoms with E-state index in [-0.39, 0.29) is 57.9 Å². The molecule has 3 heterocycles. The van der Waals surface area contributed by atoms with Gasteiger partial charge in [-0.1, -0.05) is 11.6 Å². The number of nitriles is 1. The summed E-state index contributed by atoms with van der Waals surface area (Å²) in [6.45, 7) is 5.51. The highest BCUT2D eigenvalue weighted by molar-refractivity contribution is 6.32. The standard InChI is InChI=1S/C28H27ClF3N7O5/c1-15-8-16(11-33)9-18(24(40)35-14-28(30,31)32)22(15)36-25(41)20-10-21(37-39(20)23-19(29)6-5-7-34-23)43-17-12-38(13-17)26(42)44-27(2,3)4/h5-10,17H,12-14H2,1-4H3,(H,35,40)(H,36,41). The van der Waals surface area contributed by atoms with Gasteiger partial charge in [-0.25, -0.2) is 14.5 Å². The maximum absolute atomic E-state index is 13.6. The zero-order chi connectivity index (χ0) is 32.4. The summed E-state index contributed by atoms with van der Waals surface area (Å²) in [6.07, 6.45) is -4.23. The number of ether oxygens (including phenoxy) is 2. The van der Waals surface area contributed by atoms with E-state index in [1.165, 1.54) is 36.2 Å². The van der Waals surface area contributed by atoms with Crippen LogP contribution in [0, 0.1) is 18.3 Å². The van der Waals surface area contributed by atoms with E-state index in [2.05, 4.69) is 15.4 Å². The molecule has 2 N–H and O–H groups in total. The predicted molar refractivity (Wildman–Crippen MR) is 151 cm³/mol. The van der Waals surface area contributed by atoms with Crippen molar-refractivity contribution in [2.24, 2.45) is 0 Å². The number of alkyl halides is 3. The number of carbonyl (C=O) groups is 3. The van der Waals surface area contributed by atoms with Crippen molar-refractivity contribution in [2.75, 3.05) is 25.0 Å². The van der Waals surface area contributed by atoms with E-state index in [0.717, 1.165) is 10.7 Å². The quantitative estimate of drug-likeness (QED) is 0.382. The van der Waals surface area contributed by atoms with E-state index < -0.39 is 42.3 Å². The molecule has 12 nitrogen and oxygen atoms in total. The Hall–Kier alpha value is -4.84. The fraction of sp³-hybridized carbons (Fsp3) is 0.357. The van der Waals surface area contributed by atoms with Gasteiger partial charge in [-0.05, 0) is 57.5 Å². The molecule has 0 bridgehead atoms.